The average molecular weight is 411 g/mol. The maximum Gasteiger partial charge on any atom is 0.387 e. The van der Waals surface area contributed by atoms with Crippen molar-refractivity contribution in [3.05, 3.63) is 24.3 Å². The van der Waals surface area contributed by atoms with Crippen LogP contribution < -0.4 is 20.3 Å². The molecule has 8 heteroatoms. The zero-order valence-corrected chi connectivity index (χ0v) is 17.0. The summed E-state index contributed by atoms with van der Waals surface area (Å²) in [4.78, 5) is 6.68. The highest BCUT2D eigenvalue weighted by molar-refractivity contribution is 5.80. The SMILES string of the molecule is CCNC(=NCC1(O)CCCCC1)NC1CCN(c2ccccc2OC(F)F)C1. The Hall–Kier alpha value is -2.09. The third-order valence-electron chi connectivity index (χ3n) is 5.61. The van der Waals surface area contributed by atoms with Gasteiger partial charge in [-0.1, -0.05) is 31.4 Å². The van der Waals surface area contributed by atoms with Crippen LogP contribution in [0.2, 0.25) is 0 Å². The zero-order valence-electron chi connectivity index (χ0n) is 17.0. The molecule has 6 nitrogen and oxygen atoms in total. The number of nitrogens with one attached hydrogen (secondary N) is 2. The highest BCUT2D eigenvalue weighted by Crippen LogP contribution is 2.32. The average Bonchev–Trinajstić information content (AvgIpc) is 3.15. The first-order chi connectivity index (χ1) is 14.0. The van der Waals surface area contributed by atoms with Crippen molar-refractivity contribution in [1.82, 2.24) is 10.6 Å². The van der Waals surface area contributed by atoms with Crippen molar-refractivity contribution in [3.8, 4) is 5.75 Å². The maximum absolute atomic E-state index is 12.7. The summed E-state index contributed by atoms with van der Waals surface area (Å²) < 4.78 is 30.1. The van der Waals surface area contributed by atoms with Gasteiger partial charge in [0.25, 0.3) is 0 Å². The first kappa shape index (κ1) is 21.6. The van der Waals surface area contributed by atoms with Gasteiger partial charge in [0.2, 0.25) is 0 Å². The van der Waals surface area contributed by atoms with Crippen LogP contribution >= 0.6 is 0 Å². The summed E-state index contributed by atoms with van der Waals surface area (Å²) in [7, 11) is 0. The second-order valence-electron chi connectivity index (χ2n) is 7.90. The second kappa shape index (κ2) is 10.1. The van der Waals surface area contributed by atoms with Gasteiger partial charge in [0.1, 0.15) is 5.75 Å². The fraction of sp³-hybridized carbons (Fsp3) is 0.667. The molecule has 0 amide bonds. The van der Waals surface area contributed by atoms with Gasteiger partial charge in [0.15, 0.2) is 5.96 Å². The topological polar surface area (TPSA) is 69.1 Å². The molecule has 1 aromatic carbocycles. The number of aliphatic hydroxyl groups is 1. The van der Waals surface area contributed by atoms with Gasteiger partial charge in [0.05, 0.1) is 17.8 Å². The molecule has 2 fully saturated rings. The van der Waals surface area contributed by atoms with E-state index in [9.17, 15) is 13.9 Å². The molecule has 3 rings (SSSR count). The minimum atomic E-state index is -2.84. The van der Waals surface area contributed by atoms with Crippen molar-refractivity contribution in [2.75, 3.05) is 31.1 Å². The molecule has 0 aromatic heterocycles. The lowest BCUT2D eigenvalue weighted by atomic mass is 9.85. The number of rotatable bonds is 7. The zero-order chi connectivity index (χ0) is 20.7. The van der Waals surface area contributed by atoms with E-state index in [1.807, 2.05) is 17.9 Å². The Bertz CT molecular complexity index is 680. The molecule has 1 aromatic rings. The molecule has 1 unspecified atom stereocenters. The minimum Gasteiger partial charge on any atom is -0.433 e. The number of hydrogen-bond acceptors (Lipinski definition) is 4. The molecule has 1 aliphatic carbocycles. The molecule has 2 aliphatic rings. The lowest BCUT2D eigenvalue weighted by molar-refractivity contribution is -0.0495. The maximum atomic E-state index is 12.7. The van der Waals surface area contributed by atoms with Crippen LogP contribution in [0, 0.1) is 0 Å². The van der Waals surface area contributed by atoms with Gasteiger partial charge in [-0.15, -0.1) is 0 Å². The summed E-state index contributed by atoms with van der Waals surface area (Å²) in [6.07, 6.45) is 5.74. The Kier molecular flexibility index (Phi) is 7.52. The smallest absolute Gasteiger partial charge is 0.387 e. The van der Waals surface area contributed by atoms with Gasteiger partial charge in [-0.25, -0.2) is 0 Å². The Morgan fingerprint density at radius 2 is 2.07 bits per heavy atom. The van der Waals surface area contributed by atoms with Gasteiger partial charge in [-0.05, 0) is 38.3 Å². The summed E-state index contributed by atoms with van der Waals surface area (Å²) in [5.74, 6) is 0.888. The third kappa shape index (κ3) is 6.19. The van der Waals surface area contributed by atoms with Crippen LogP contribution in [0.25, 0.3) is 0 Å². The van der Waals surface area contributed by atoms with Gasteiger partial charge < -0.3 is 25.4 Å². The van der Waals surface area contributed by atoms with E-state index in [0.29, 0.717) is 24.7 Å². The molecule has 0 radical (unpaired) electrons. The van der Waals surface area contributed by atoms with Crippen LogP contribution in [0.4, 0.5) is 14.5 Å². The number of guanidine groups is 1. The van der Waals surface area contributed by atoms with E-state index >= 15 is 0 Å². The second-order valence-corrected chi connectivity index (χ2v) is 7.90. The van der Waals surface area contributed by atoms with Gasteiger partial charge in [0, 0.05) is 25.7 Å². The van der Waals surface area contributed by atoms with E-state index in [1.54, 1.807) is 18.2 Å². The number of nitrogens with zero attached hydrogens (tertiary/aromatic N) is 2. The standard InChI is InChI=1S/C21H32F2N4O2/c1-2-24-20(25-15-21(28)11-6-3-7-12-21)26-16-10-13-27(14-16)17-8-4-5-9-18(17)29-19(22)23/h4-5,8-9,16,19,28H,2-3,6-7,10-15H2,1H3,(H2,24,25,26). The molecule has 1 saturated carbocycles. The number of halogens is 2. The normalized spacial score (nSPS) is 22.0. The fourth-order valence-corrected chi connectivity index (χ4v) is 4.12. The highest BCUT2D eigenvalue weighted by Gasteiger charge is 2.30. The predicted molar refractivity (Wildman–Crippen MR) is 111 cm³/mol. The van der Waals surface area contributed by atoms with Crippen molar-refractivity contribution >= 4 is 11.6 Å². The fourth-order valence-electron chi connectivity index (χ4n) is 4.12. The van der Waals surface area contributed by atoms with Crippen LogP contribution in [-0.2, 0) is 0 Å². The van der Waals surface area contributed by atoms with E-state index in [-0.39, 0.29) is 11.8 Å². The molecule has 0 bridgehead atoms. The number of hydrogen-bond donors (Lipinski definition) is 3. The molecule has 29 heavy (non-hydrogen) atoms. The Morgan fingerprint density at radius 1 is 1.31 bits per heavy atom. The number of benzene rings is 1. The predicted octanol–water partition coefficient (Wildman–Crippen LogP) is 3.12. The molecule has 1 atom stereocenters. The van der Waals surface area contributed by atoms with Crippen LogP contribution in [0.5, 0.6) is 5.75 Å². The highest BCUT2D eigenvalue weighted by atomic mass is 19.3. The van der Waals surface area contributed by atoms with E-state index < -0.39 is 12.2 Å². The van der Waals surface area contributed by atoms with Crippen LogP contribution in [0.15, 0.2) is 29.3 Å². The molecule has 162 valence electrons. The summed E-state index contributed by atoms with van der Waals surface area (Å²) in [6, 6.07) is 7.02. The molecule has 1 heterocycles. The molecule has 1 aliphatic heterocycles. The molecular formula is C21H32F2N4O2. The summed E-state index contributed by atoms with van der Waals surface area (Å²) in [6.45, 7) is 1.69. The van der Waals surface area contributed by atoms with Crippen LogP contribution in [0.3, 0.4) is 0 Å². The van der Waals surface area contributed by atoms with Crippen LogP contribution in [0.1, 0.15) is 45.4 Å². The van der Waals surface area contributed by atoms with Crippen LogP contribution in [-0.4, -0.2) is 55.5 Å². The molecule has 3 N–H and O–H groups in total. The van der Waals surface area contributed by atoms with Gasteiger partial charge in [-0.3, -0.25) is 4.99 Å². The number of para-hydroxylation sites is 2. The van der Waals surface area contributed by atoms with Crippen molar-refractivity contribution in [2.24, 2.45) is 4.99 Å². The molecule has 1 saturated heterocycles. The lowest BCUT2D eigenvalue weighted by Gasteiger charge is -2.30. The van der Waals surface area contributed by atoms with E-state index in [0.717, 1.165) is 45.2 Å². The summed E-state index contributed by atoms with van der Waals surface area (Å²) in [5.41, 5.74) is -0.0241. The van der Waals surface area contributed by atoms with E-state index in [1.165, 1.54) is 6.42 Å². The third-order valence-corrected chi connectivity index (χ3v) is 5.61. The first-order valence-electron chi connectivity index (χ1n) is 10.5. The number of aliphatic imine (C=N–C) groups is 1. The van der Waals surface area contributed by atoms with Gasteiger partial charge >= 0.3 is 6.61 Å². The Morgan fingerprint density at radius 3 is 2.79 bits per heavy atom. The largest absolute Gasteiger partial charge is 0.433 e. The Balaban J connectivity index is 1.60. The van der Waals surface area contributed by atoms with Gasteiger partial charge in [-0.2, -0.15) is 8.78 Å². The van der Waals surface area contributed by atoms with E-state index in [4.69, 9.17) is 0 Å². The van der Waals surface area contributed by atoms with Crippen molar-refractivity contribution in [3.63, 3.8) is 0 Å². The van der Waals surface area contributed by atoms with Crippen molar-refractivity contribution < 1.29 is 18.6 Å². The van der Waals surface area contributed by atoms with Crippen molar-refractivity contribution in [1.29, 1.82) is 0 Å². The Labute approximate surface area is 171 Å². The summed E-state index contributed by atoms with van der Waals surface area (Å²) in [5, 5.41) is 17.4. The molecule has 0 spiro atoms. The summed E-state index contributed by atoms with van der Waals surface area (Å²) >= 11 is 0. The van der Waals surface area contributed by atoms with E-state index in [2.05, 4.69) is 20.4 Å². The quantitative estimate of drug-likeness (QED) is 0.476. The first-order valence-corrected chi connectivity index (χ1v) is 10.5. The number of anilines is 1. The number of ether oxygens (including phenoxy) is 1. The molecular weight excluding hydrogens is 378 g/mol. The minimum absolute atomic E-state index is 0.133. The lowest BCUT2D eigenvalue weighted by Crippen LogP contribution is -2.46. The van der Waals surface area contributed by atoms with Crippen molar-refractivity contribution in [2.45, 2.75) is 63.7 Å². The monoisotopic (exact) mass is 410 g/mol. The number of alkyl halides is 2.